The van der Waals surface area contributed by atoms with E-state index in [1.54, 1.807) is 6.20 Å². The Bertz CT molecular complexity index is 833. The number of rotatable bonds is 6. The number of pyridine rings is 1. The quantitative estimate of drug-likeness (QED) is 0.656. The number of aromatic nitrogens is 3. The van der Waals surface area contributed by atoms with Gasteiger partial charge in [-0.25, -0.2) is 4.98 Å². The summed E-state index contributed by atoms with van der Waals surface area (Å²) in [6, 6.07) is 14.1. The van der Waals surface area contributed by atoms with E-state index in [9.17, 15) is 0 Å². The van der Waals surface area contributed by atoms with Gasteiger partial charge >= 0.3 is 0 Å². The smallest absolute Gasteiger partial charge is 0.131 e. The molecule has 0 fully saturated rings. The van der Waals surface area contributed by atoms with Gasteiger partial charge in [-0.05, 0) is 45.3 Å². The molecule has 5 heteroatoms. The van der Waals surface area contributed by atoms with Crippen molar-refractivity contribution in [1.29, 1.82) is 0 Å². The Morgan fingerprint density at radius 2 is 1.92 bits per heavy atom. The van der Waals surface area contributed by atoms with Crippen LogP contribution < -0.4 is 0 Å². The molecule has 0 saturated carbocycles. The van der Waals surface area contributed by atoms with E-state index in [0.717, 1.165) is 35.8 Å². The largest absolute Gasteiger partial charge is 0.325 e. The Hall–Kier alpha value is -2.53. The van der Waals surface area contributed by atoms with Crippen LogP contribution in [0, 0.1) is 0 Å². The summed E-state index contributed by atoms with van der Waals surface area (Å²) in [5, 5.41) is 0. The zero-order valence-corrected chi connectivity index (χ0v) is 14.5. The van der Waals surface area contributed by atoms with Crippen molar-refractivity contribution < 1.29 is 0 Å². The van der Waals surface area contributed by atoms with Crippen LogP contribution in [0.1, 0.15) is 18.4 Å². The van der Waals surface area contributed by atoms with Crippen LogP contribution in [0.3, 0.4) is 0 Å². The molecule has 124 valence electrons. The summed E-state index contributed by atoms with van der Waals surface area (Å²) in [6.45, 7) is 4.43. The molecule has 3 aromatic rings. The van der Waals surface area contributed by atoms with Crippen LogP contribution in [0.5, 0.6) is 0 Å². The maximum atomic E-state index is 4.77. The maximum absolute atomic E-state index is 4.77. The van der Waals surface area contributed by atoms with Crippen molar-refractivity contribution in [2.75, 3.05) is 20.6 Å². The molecule has 0 unspecified atom stereocenters. The summed E-state index contributed by atoms with van der Waals surface area (Å²) < 4.78 is 2.27. The van der Waals surface area contributed by atoms with E-state index >= 15 is 0 Å². The molecule has 0 N–H and O–H groups in total. The standard InChI is InChI=1S/C19H23N5/c1-15(16-8-6-7-11-20-16)21-14-19-22-17-9-4-5-10-18(17)24(19)13-12-23(2)3/h4-11H,12-14H2,1-3H3. The number of benzene rings is 1. The summed E-state index contributed by atoms with van der Waals surface area (Å²) in [4.78, 5) is 16.0. The van der Waals surface area contributed by atoms with E-state index in [-0.39, 0.29) is 0 Å². The van der Waals surface area contributed by atoms with Crippen molar-refractivity contribution in [3.63, 3.8) is 0 Å². The third kappa shape index (κ3) is 3.68. The summed E-state index contributed by atoms with van der Waals surface area (Å²) in [6.07, 6.45) is 1.79. The van der Waals surface area contributed by atoms with Crippen LogP contribution in [0.25, 0.3) is 11.0 Å². The SMILES string of the molecule is CC(=NCc1nc2ccccc2n1CCN(C)C)c1ccccn1. The third-order valence-corrected chi connectivity index (χ3v) is 4.00. The second kappa shape index (κ2) is 7.36. The van der Waals surface area contributed by atoms with Crippen LogP contribution in [-0.2, 0) is 13.1 Å². The lowest BCUT2D eigenvalue weighted by Crippen LogP contribution is -2.19. The summed E-state index contributed by atoms with van der Waals surface area (Å²) in [5.41, 5.74) is 4.03. The van der Waals surface area contributed by atoms with Gasteiger partial charge in [0.1, 0.15) is 5.82 Å². The highest BCUT2D eigenvalue weighted by molar-refractivity contribution is 5.96. The van der Waals surface area contributed by atoms with Gasteiger partial charge in [0.25, 0.3) is 0 Å². The summed E-state index contributed by atoms with van der Waals surface area (Å²) >= 11 is 0. The minimum absolute atomic E-state index is 0.560. The van der Waals surface area contributed by atoms with Crippen molar-refractivity contribution in [2.24, 2.45) is 4.99 Å². The molecule has 0 atom stereocenters. The first-order chi connectivity index (χ1) is 11.6. The van der Waals surface area contributed by atoms with E-state index in [1.807, 2.05) is 31.2 Å². The zero-order valence-electron chi connectivity index (χ0n) is 14.5. The fourth-order valence-electron chi connectivity index (χ4n) is 2.64. The van der Waals surface area contributed by atoms with Gasteiger partial charge in [0.15, 0.2) is 0 Å². The van der Waals surface area contributed by atoms with Crippen molar-refractivity contribution in [1.82, 2.24) is 19.4 Å². The van der Waals surface area contributed by atoms with Crippen LogP contribution in [0.4, 0.5) is 0 Å². The lowest BCUT2D eigenvalue weighted by molar-refractivity contribution is 0.383. The van der Waals surface area contributed by atoms with E-state index < -0.39 is 0 Å². The van der Waals surface area contributed by atoms with Crippen molar-refractivity contribution in [3.8, 4) is 0 Å². The second-order valence-corrected chi connectivity index (χ2v) is 6.09. The number of imidazole rings is 1. The fourth-order valence-corrected chi connectivity index (χ4v) is 2.64. The average molecular weight is 321 g/mol. The Balaban J connectivity index is 1.89. The van der Waals surface area contributed by atoms with Gasteiger partial charge in [0, 0.05) is 19.3 Å². The number of fused-ring (bicyclic) bond motifs is 1. The van der Waals surface area contributed by atoms with E-state index in [1.165, 1.54) is 5.52 Å². The summed E-state index contributed by atoms with van der Waals surface area (Å²) in [5.74, 6) is 0.994. The van der Waals surface area contributed by atoms with Gasteiger partial charge in [-0.1, -0.05) is 18.2 Å². The number of para-hydroxylation sites is 2. The first-order valence-electron chi connectivity index (χ1n) is 8.16. The third-order valence-electron chi connectivity index (χ3n) is 4.00. The molecule has 0 radical (unpaired) electrons. The highest BCUT2D eigenvalue weighted by atomic mass is 15.1. The molecule has 0 spiro atoms. The molecule has 3 rings (SSSR count). The van der Waals surface area contributed by atoms with Gasteiger partial charge < -0.3 is 9.47 Å². The molecule has 0 bridgehead atoms. The highest BCUT2D eigenvalue weighted by Gasteiger charge is 2.10. The molecular formula is C19H23N5. The average Bonchev–Trinajstić information content (AvgIpc) is 2.96. The number of nitrogens with zero attached hydrogens (tertiary/aromatic N) is 5. The topological polar surface area (TPSA) is 46.3 Å². The number of likely N-dealkylation sites (N-methyl/N-ethyl adjacent to an activating group) is 1. The molecule has 24 heavy (non-hydrogen) atoms. The van der Waals surface area contributed by atoms with Gasteiger partial charge in [0.05, 0.1) is 29.0 Å². The Kier molecular flexibility index (Phi) is 5.01. The Morgan fingerprint density at radius 3 is 2.67 bits per heavy atom. The van der Waals surface area contributed by atoms with Crippen LogP contribution in [0.15, 0.2) is 53.7 Å². The van der Waals surface area contributed by atoms with Gasteiger partial charge in [-0.3, -0.25) is 9.98 Å². The van der Waals surface area contributed by atoms with E-state index in [4.69, 9.17) is 9.98 Å². The summed E-state index contributed by atoms with van der Waals surface area (Å²) in [7, 11) is 4.17. The first kappa shape index (κ1) is 16.3. The molecule has 5 nitrogen and oxygen atoms in total. The molecular weight excluding hydrogens is 298 g/mol. The van der Waals surface area contributed by atoms with E-state index in [0.29, 0.717) is 6.54 Å². The van der Waals surface area contributed by atoms with Crippen LogP contribution >= 0.6 is 0 Å². The number of hydrogen-bond acceptors (Lipinski definition) is 4. The lowest BCUT2D eigenvalue weighted by atomic mass is 10.2. The maximum Gasteiger partial charge on any atom is 0.131 e. The Morgan fingerprint density at radius 1 is 1.12 bits per heavy atom. The van der Waals surface area contributed by atoms with Crippen molar-refractivity contribution in [3.05, 3.63) is 60.2 Å². The van der Waals surface area contributed by atoms with Crippen LogP contribution in [-0.4, -0.2) is 45.8 Å². The van der Waals surface area contributed by atoms with Crippen molar-refractivity contribution >= 4 is 16.7 Å². The van der Waals surface area contributed by atoms with E-state index in [2.05, 4.69) is 46.7 Å². The van der Waals surface area contributed by atoms with Gasteiger partial charge in [-0.15, -0.1) is 0 Å². The van der Waals surface area contributed by atoms with Gasteiger partial charge in [-0.2, -0.15) is 0 Å². The predicted molar refractivity (Wildman–Crippen MR) is 98.4 cm³/mol. The second-order valence-electron chi connectivity index (χ2n) is 6.09. The lowest BCUT2D eigenvalue weighted by Gasteiger charge is -2.13. The monoisotopic (exact) mass is 321 g/mol. The minimum Gasteiger partial charge on any atom is -0.325 e. The first-order valence-corrected chi connectivity index (χ1v) is 8.16. The van der Waals surface area contributed by atoms with Crippen LogP contribution in [0.2, 0.25) is 0 Å². The molecule has 0 aliphatic rings. The molecule has 0 saturated heterocycles. The fraction of sp³-hybridized carbons (Fsp3) is 0.316. The van der Waals surface area contributed by atoms with Crippen molar-refractivity contribution in [2.45, 2.75) is 20.0 Å². The molecule has 1 aromatic carbocycles. The molecule has 2 heterocycles. The number of hydrogen-bond donors (Lipinski definition) is 0. The predicted octanol–water partition coefficient (Wildman–Crippen LogP) is 3.00. The Labute approximate surface area is 142 Å². The molecule has 0 amide bonds. The minimum atomic E-state index is 0.560. The highest BCUT2D eigenvalue weighted by Crippen LogP contribution is 2.17. The normalized spacial score (nSPS) is 12.2. The zero-order chi connectivity index (χ0) is 16.9. The van der Waals surface area contributed by atoms with Gasteiger partial charge in [0.2, 0.25) is 0 Å². The number of aliphatic imine (C=N–C) groups is 1. The molecule has 0 aliphatic carbocycles. The molecule has 2 aromatic heterocycles. The molecule has 0 aliphatic heterocycles.